The van der Waals surface area contributed by atoms with Gasteiger partial charge in [0.2, 0.25) is 5.89 Å². The summed E-state index contributed by atoms with van der Waals surface area (Å²) in [6.45, 7) is 0.647. The third-order valence-corrected chi connectivity index (χ3v) is 4.47. The summed E-state index contributed by atoms with van der Waals surface area (Å²) < 4.78 is 21.9. The smallest absolute Gasteiger partial charge is 0.276 e. The molecule has 3 aromatic rings. The summed E-state index contributed by atoms with van der Waals surface area (Å²) >= 11 is 1.51. The Kier molecular flexibility index (Phi) is 6.38. The van der Waals surface area contributed by atoms with Crippen molar-refractivity contribution in [2.45, 2.75) is 11.6 Å². The minimum Gasteiger partial charge on any atom is -0.494 e. The number of benzene rings is 2. The summed E-state index contributed by atoms with van der Waals surface area (Å²) in [5.41, 5.74) is 0.786. The van der Waals surface area contributed by atoms with Gasteiger partial charge in [-0.2, -0.15) is 0 Å². The molecule has 26 heavy (non-hydrogen) atoms. The van der Waals surface area contributed by atoms with Crippen molar-refractivity contribution in [2.75, 3.05) is 26.6 Å². The monoisotopic (exact) mass is 372 g/mol. The van der Waals surface area contributed by atoms with Crippen molar-refractivity contribution in [3.05, 3.63) is 48.5 Å². The first-order valence-electron chi connectivity index (χ1n) is 8.16. The second-order valence-corrected chi connectivity index (χ2v) is 6.35. The van der Waals surface area contributed by atoms with E-state index in [1.807, 2.05) is 48.5 Å². The molecule has 0 radical (unpaired) electrons. The van der Waals surface area contributed by atoms with Gasteiger partial charge in [0, 0.05) is 11.3 Å². The molecule has 0 spiro atoms. The van der Waals surface area contributed by atoms with Gasteiger partial charge in [-0.3, -0.25) is 0 Å². The topological polar surface area (TPSA) is 66.6 Å². The van der Waals surface area contributed by atoms with Crippen LogP contribution >= 0.6 is 11.8 Å². The number of hydrogen-bond acceptors (Lipinski definition) is 7. The maximum absolute atomic E-state index is 5.71. The highest BCUT2D eigenvalue weighted by atomic mass is 32.2. The van der Waals surface area contributed by atoms with Crippen LogP contribution in [0.25, 0.3) is 11.5 Å². The number of para-hydroxylation sites is 1. The van der Waals surface area contributed by atoms with Crippen molar-refractivity contribution < 1.29 is 18.6 Å². The zero-order valence-electron chi connectivity index (χ0n) is 14.7. The minimum atomic E-state index is 0.453. The lowest BCUT2D eigenvalue weighted by Gasteiger charge is -2.07. The zero-order chi connectivity index (χ0) is 18.2. The summed E-state index contributed by atoms with van der Waals surface area (Å²) in [5, 5.41) is 8.72. The van der Waals surface area contributed by atoms with Gasteiger partial charge in [-0.25, -0.2) is 0 Å². The van der Waals surface area contributed by atoms with E-state index in [2.05, 4.69) is 10.2 Å². The standard InChI is InChI=1S/C19H20N2O4S/c1-22-16-10-9-14(13-17(16)23-2)18-20-21-19(25-18)26-12-6-11-24-15-7-4-3-5-8-15/h3-5,7-10,13H,6,11-12H2,1-2H3. The Hall–Kier alpha value is -2.67. The molecule has 0 aliphatic carbocycles. The molecule has 0 aliphatic heterocycles. The molecule has 0 fully saturated rings. The molecule has 6 nitrogen and oxygen atoms in total. The van der Waals surface area contributed by atoms with E-state index in [1.165, 1.54) is 11.8 Å². The normalized spacial score (nSPS) is 10.5. The van der Waals surface area contributed by atoms with E-state index in [0.29, 0.717) is 29.2 Å². The molecular formula is C19H20N2O4S. The Morgan fingerprint density at radius 3 is 2.54 bits per heavy atom. The summed E-state index contributed by atoms with van der Waals surface area (Å²) in [6.07, 6.45) is 0.883. The highest BCUT2D eigenvalue weighted by Crippen LogP contribution is 2.32. The van der Waals surface area contributed by atoms with E-state index >= 15 is 0 Å². The Morgan fingerprint density at radius 1 is 0.962 bits per heavy atom. The van der Waals surface area contributed by atoms with Crippen molar-refractivity contribution in [1.29, 1.82) is 0 Å². The number of rotatable bonds is 9. The Balaban J connectivity index is 1.50. The predicted octanol–water partition coefficient (Wildman–Crippen LogP) is 4.32. The lowest BCUT2D eigenvalue weighted by Crippen LogP contribution is -1.98. The molecule has 0 saturated heterocycles. The molecule has 0 unspecified atom stereocenters. The molecule has 0 saturated carbocycles. The van der Waals surface area contributed by atoms with Gasteiger partial charge in [0.25, 0.3) is 5.22 Å². The molecule has 0 atom stereocenters. The Labute approximate surface area is 156 Å². The van der Waals surface area contributed by atoms with Gasteiger partial charge in [0.05, 0.1) is 20.8 Å². The third-order valence-electron chi connectivity index (χ3n) is 3.56. The Morgan fingerprint density at radius 2 is 1.77 bits per heavy atom. The molecule has 0 aliphatic rings. The molecule has 136 valence electrons. The molecule has 1 heterocycles. The van der Waals surface area contributed by atoms with Gasteiger partial charge in [-0.1, -0.05) is 30.0 Å². The zero-order valence-corrected chi connectivity index (χ0v) is 15.5. The molecule has 2 aromatic carbocycles. The van der Waals surface area contributed by atoms with Crippen molar-refractivity contribution in [2.24, 2.45) is 0 Å². The maximum Gasteiger partial charge on any atom is 0.276 e. The van der Waals surface area contributed by atoms with Gasteiger partial charge >= 0.3 is 0 Å². The molecular weight excluding hydrogens is 352 g/mol. The van der Waals surface area contributed by atoms with Crippen molar-refractivity contribution in [1.82, 2.24) is 10.2 Å². The SMILES string of the molecule is COc1ccc(-c2nnc(SCCCOc3ccccc3)o2)cc1OC. The summed E-state index contributed by atoms with van der Waals surface area (Å²) in [4.78, 5) is 0. The van der Waals surface area contributed by atoms with E-state index in [-0.39, 0.29) is 0 Å². The molecule has 3 rings (SSSR count). The van der Waals surface area contributed by atoms with Crippen LogP contribution in [-0.4, -0.2) is 36.8 Å². The van der Waals surface area contributed by atoms with E-state index in [1.54, 1.807) is 14.2 Å². The fourth-order valence-electron chi connectivity index (χ4n) is 2.28. The van der Waals surface area contributed by atoms with E-state index < -0.39 is 0 Å². The van der Waals surface area contributed by atoms with Crippen LogP contribution in [0, 0.1) is 0 Å². The van der Waals surface area contributed by atoms with Gasteiger partial charge in [0.1, 0.15) is 5.75 Å². The van der Waals surface area contributed by atoms with Gasteiger partial charge in [-0.15, -0.1) is 10.2 Å². The van der Waals surface area contributed by atoms with E-state index in [4.69, 9.17) is 18.6 Å². The van der Waals surface area contributed by atoms with Gasteiger partial charge in [0.15, 0.2) is 11.5 Å². The van der Waals surface area contributed by atoms with Crippen LogP contribution in [0.3, 0.4) is 0 Å². The lowest BCUT2D eigenvalue weighted by atomic mass is 10.2. The van der Waals surface area contributed by atoms with E-state index in [9.17, 15) is 0 Å². The van der Waals surface area contributed by atoms with E-state index in [0.717, 1.165) is 23.5 Å². The van der Waals surface area contributed by atoms with Crippen molar-refractivity contribution in [3.63, 3.8) is 0 Å². The average molecular weight is 372 g/mol. The van der Waals surface area contributed by atoms with Crippen LogP contribution in [0.15, 0.2) is 58.2 Å². The predicted molar refractivity (Wildman–Crippen MR) is 100 cm³/mol. The molecule has 0 bridgehead atoms. The highest BCUT2D eigenvalue weighted by molar-refractivity contribution is 7.99. The van der Waals surface area contributed by atoms with Crippen LogP contribution in [0.4, 0.5) is 0 Å². The minimum absolute atomic E-state index is 0.453. The van der Waals surface area contributed by atoms with Crippen molar-refractivity contribution >= 4 is 11.8 Å². The molecule has 7 heteroatoms. The fourth-order valence-corrected chi connectivity index (χ4v) is 2.95. The lowest BCUT2D eigenvalue weighted by molar-refractivity contribution is 0.318. The molecule has 1 aromatic heterocycles. The number of aromatic nitrogens is 2. The molecule has 0 N–H and O–H groups in total. The maximum atomic E-state index is 5.71. The highest BCUT2D eigenvalue weighted by Gasteiger charge is 2.12. The van der Waals surface area contributed by atoms with Crippen LogP contribution in [-0.2, 0) is 0 Å². The van der Waals surface area contributed by atoms with Crippen LogP contribution in [0.2, 0.25) is 0 Å². The first kappa shape index (κ1) is 18.1. The number of thioether (sulfide) groups is 1. The van der Waals surface area contributed by atoms with Gasteiger partial charge in [-0.05, 0) is 36.8 Å². The number of ether oxygens (including phenoxy) is 3. The number of hydrogen-bond donors (Lipinski definition) is 0. The first-order valence-corrected chi connectivity index (χ1v) is 9.15. The summed E-state index contributed by atoms with van der Waals surface area (Å²) in [6, 6.07) is 15.3. The van der Waals surface area contributed by atoms with Crippen molar-refractivity contribution in [3.8, 4) is 28.7 Å². The quantitative estimate of drug-likeness (QED) is 0.409. The average Bonchev–Trinajstić information content (AvgIpc) is 3.17. The Bertz CT molecular complexity index is 823. The number of methoxy groups -OCH3 is 2. The first-order chi connectivity index (χ1) is 12.8. The third kappa shape index (κ3) is 4.70. The van der Waals surface area contributed by atoms with Gasteiger partial charge < -0.3 is 18.6 Å². The number of nitrogens with zero attached hydrogens (tertiary/aromatic N) is 2. The fraction of sp³-hybridized carbons (Fsp3) is 0.263. The molecule has 0 amide bonds. The summed E-state index contributed by atoms with van der Waals surface area (Å²) in [5.74, 6) is 3.44. The van der Waals surface area contributed by atoms with Crippen LogP contribution in [0.5, 0.6) is 17.2 Å². The van der Waals surface area contributed by atoms with Crippen LogP contribution < -0.4 is 14.2 Å². The van der Waals surface area contributed by atoms with Crippen LogP contribution in [0.1, 0.15) is 6.42 Å². The second-order valence-electron chi connectivity index (χ2n) is 5.31. The summed E-state index contributed by atoms with van der Waals surface area (Å²) in [7, 11) is 3.19. The largest absolute Gasteiger partial charge is 0.494 e. The second kappa shape index (κ2) is 9.15.